The second kappa shape index (κ2) is 10.6. The van der Waals surface area contributed by atoms with Gasteiger partial charge in [-0.3, -0.25) is 0 Å². The van der Waals surface area contributed by atoms with E-state index in [-0.39, 0.29) is 16.5 Å². The maximum Gasteiger partial charge on any atom is 0.416 e. The molecule has 0 saturated carbocycles. The van der Waals surface area contributed by atoms with Gasteiger partial charge in [-0.25, -0.2) is 13.2 Å². The summed E-state index contributed by atoms with van der Waals surface area (Å²) in [5.74, 6) is -1.62. The maximum absolute atomic E-state index is 14.2. The Bertz CT molecular complexity index is 2610. The Morgan fingerprint density at radius 3 is 1.48 bits per heavy atom. The number of alkyl halides is 4. The van der Waals surface area contributed by atoms with Crippen LogP contribution < -0.4 is 10.7 Å². The summed E-state index contributed by atoms with van der Waals surface area (Å²) in [6.45, 7) is -0.833. The first-order valence-electron chi connectivity index (χ1n) is 13.8. The van der Waals surface area contributed by atoms with Gasteiger partial charge in [0.25, 0.3) is 0 Å². The molecule has 7 aromatic carbocycles. The van der Waals surface area contributed by atoms with Crippen molar-refractivity contribution in [2.45, 2.75) is 12.9 Å². The van der Waals surface area contributed by atoms with Crippen LogP contribution in [0.3, 0.4) is 0 Å². The molecular formula is C36H16F6N4. The molecule has 0 aliphatic rings. The minimum atomic E-state index is -4.74. The Hall–Kier alpha value is -6.00. The molecule has 7 rings (SSSR count). The van der Waals surface area contributed by atoms with Crippen molar-refractivity contribution in [3.05, 3.63) is 118 Å². The predicted molar refractivity (Wildman–Crippen MR) is 162 cm³/mol. The van der Waals surface area contributed by atoms with Gasteiger partial charge in [-0.2, -0.15) is 33.7 Å². The third-order valence-electron chi connectivity index (χ3n) is 8.12. The molecule has 0 aromatic heterocycles. The molecular weight excluding hydrogens is 602 g/mol. The smallest absolute Gasteiger partial charge is 0.246 e. The van der Waals surface area contributed by atoms with Gasteiger partial charge in [-0.1, -0.05) is 24.3 Å². The monoisotopic (exact) mass is 618 g/mol. The lowest BCUT2D eigenvalue weighted by Crippen LogP contribution is -2.05. The van der Waals surface area contributed by atoms with Crippen LogP contribution in [-0.2, 0) is 12.9 Å². The summed E-state index contributed by atoms with van der Waals surface area (Å²) < 4.78 is 82.0. The van der Waals surface area contributed by atoms with Crippen LogP contribution in [0.1, 0.15) is 11.1 Å². The van der Waals surface area contributed by atoms with Crippen molar-refractivity contribution in [2.24, 2.45) is 9.98 Å². The predicted octanol–water partition coefficient (Wildman–Crippen LogP) is 9.04. The van der Waals surface area contributed by atoms with Gasteiger partial charge in [-0.15, -0.1) is 0 Å². The van der Waals surface area contributed by atoms with Gasteiger partial charge in [-0.05, 0) is 110 Å². The lowest BCUT2D eigenvalue weighted by molar-refractivity contribution is -0.137. The normalized spacial score (nSPS) is 12.9. The highest BCUT2D eigenvalue weighted by molar-refractivity contribution is 6.21. The lowest BCUT2D eigenvalue weighted by Gasteiger charge is -2.10. The third kappa shape index (κ3) is 4.63. The van der Waals surface area contributed by atoms with Crippen LogP contribution in [0.4, 0.5) is 26.3 Å². The fourth-order valence-corrected chi connectivity index (χ4v) is 6.19. The molecule has 0 aliphatic heterocycles. The first-order chi connectivity index (χ1) is 22.1. The first-order valence-corrected chi connectivity index (χ1v) is 13.8. The number of hydrogen-bond donors (Lipinski definition) is 0. The fourth-order valence-electron chi connectivity index (χ4n) is 6.19. The number of halogens is 6. The third-order valence-corrected chi connectivity index (χ3v) is 8.12. The quantitative estimate of drug-likeness (QED) is 0.146. The molecule has 222 valence electrons. The molecule has 0 aliphatic carbocycles. The minimum Gasteiger partial charge on any atom is -0.246 e. The van der Waals surface area contributed by atoms with Gasteiger partial charge in [0.2, 0.25) is 12.4 Å². The molecule has 0 atom stereocenters. The highest BCUT2D eigenvalue weighted by atomic mass is 19.4. The molecule has 0 radical (unpaired) electrons. The van der Waals surface area contributed by atoms with E-state index in [0.29, 0.717) is 71.2 Å². The molecule has 10 heteroatoms. The standard InChI is InChI=1S/C36H16F6N4/c37-15-18-5-21(8-24(38)6-18)19-1-3-26-28-13-33-29(14-32(28)34(45-16-43)30(26)10-19)27-4-2-20(11-31(27)35(33)46-17-44)22-7-23(36(40,41)42)12-25(39)9-22/h1-14H,15H2. The first kappa shape index (κ1) is 28.8. The molecule has 0 bridgehead atoms. The Labute approximate surface area is 255 Å². The summed E-state index contributed by atoms with van der Waals surface area (Å²) >= 11 is 0. The van der Waals surface area contributed by atoms with Gasteiger partial charge in [0.05, 0.1) is 16.3 Å². The van der Waals surface area contributed by atoms with Gasteiger partial charge < -0.3 is 0 Å². The summed E-state index contributed by atoms with van der Waals surface area (Å²) in [4.78, 5) is 8.15. The number of fused-ring (bicyclic) bond motifs is 6. The number of rotatable bonds is 3. The zero-order valence-corrected chi connectivity index (χ0v) is 23.3. The number of hydrogen-bond acceptors (Lipinski definition) is 4. The topological polar surface area (TPSA) is 72.3 Å². The highest BCUT2D eigenvalue weighted by Crippen LogP contribution is 2.37. The van der Waals surface area contributed by atoms with Crippen LogP contribution in [0.2, 0.25) is 0 Å². The Balaban J connectivity index is 1.50. The highest BCUT2D eigenvalue weighted by Gasteiger charge is 2.31. The lowest BCUT2D eigenvalue weighted by atomic mass is 10.00. The van der Waals surface area contributed by atoms with Gasteiger partial charge in [0.15, 0.2) is 0 Å². The van der Waals surface area contributed by atoms with Crippen LogP contribution in [0, 0.1) is 34.5 Å². The van der Waals surface area contributed by atoms with Crippen molar-refractivity contribution in [3.63, 3.8) is 0 Å². The maximum atomic E-state index is 14.2. The van der Waals surface area contributed by atoms with Gasteiger partial charge >= 0.3 is 6.18 Å². The van der Waals surface area contributed by atoms with Gasteiger partial charge in [0.1, 0.15) is 18.3 Å². The molecule has 0 saturated heterocycles. The molecule has 0 N–H and O–H groups in total. The Kier molecular flexibility index (Phi) is 6.61. The summed E-state index contributed by atoms with van der Waals surface area (Å²) in [5, 5.41) is 24.8. The molecule has 0 unspecified atom stereocenters. The van der Waals surface area contributed by atoms with E-state index in [1.165, 1.54) is 6.07 Å². The van der Waals surface area contributed by atoms with E-state index in [9.17, 15) is 36.9 Å². The van der Waals surface area contributed by atoms with Gasteiger partial charge in [0, 0.05) is 21.5 Å². The average molecular weight is 619 g/mol. The minimum absolute atomic E-state index is 0.00925. The van der Waals surface area contributed by atoms with E-state index in [1.807, 2.05) is 18.3 Å². The summed E-state index contributed by atoms with van der Waals surface area (Å²) in [7, 11) is 0. The average Bonchev–Trinajstić information content (AvgIpc) is 3.50. The second-order valence-electron chi connectivity index (χ2n) is 10.8. The van der Waals surface area contributed by atoms with Crippen molar-refractivity contribution < 1.29 is 26.3 Å². The van der Waals surface area contributed by atoms with Crippen molar-refractivity contribution in [2.75, 3.05) is 0 Å². The van der Waals surface area contributed by atoms with Crippen LogP contribution in [0.25, 0.3) is 65.3 Å². The van der Waals surface area contributed by atoms with Crippen LogP contribution in [-0.4, -0.2) is 0 Å². The van der Waals surface area contributed by atoms with E-state index in [2.05, 4.69) is 9.98 Å². The summed E-state index contributed by atoms with van der Waals surface area (Å²) in [6, 6.07) is 20.0. The van der Waals surface area contributed by atoms with E-state index in [4.69, 9.17) is 0 Å². The SMILES string of the molecule is N#CN=c1c2cc(-c3cc(F)cc(CF)c3)ccc2c2cc3c(=NC#N)c4cc(-c5cc(F)cc(C(F)(F)F)c5)ccc4c3cc12. The summed E-state index contributed by atoms with van der Waals surface area (Å²) in [6.07, 6.45) is -1.10. The molecule has 0 amide bonds. The zero-order valence-electron chi connectivity index (χ0n) is 23.3. The Morgan fingerprint density at radius 2 is 1.00 bits per heavy atom. The molecule has 0 spiro atoms. The molecule has 0 fully saturated rings. The van der Waals surface area contributed by atoms with Crippen LogP contribution in [0.5, 0.6) is 0 Å². The largest absolute Gasteiger partial charge is 0.416 e. The Morgan fingerprint density at radius 1 is 0.522 bits per heavy atom. The van der Waals surface area contributed by atoms with E-state index in [1.54, 1.807) is 48.7 Å². The van der Waals surface area contributed by atoms with Crippen molar-refractivity contribution in [3.8, 4) is 34.6 Å². The number of nitrogens with zero attached hydrogens (tertiary/aromatic N) is 4. The van der Waals surface area contributed by atoms with E-state index < -0.39 is 30.0 Å². The van der Waals surface area contributed by atoms with Crippen LogP contribution in [0.15, 0.2) is 94.9 Å². The molecule has 46 heavy (non-hydrogen) atoms. The van der Waals surface area contributed by atoms with Crippen molar-refractivity contribution in [1.29, 1.82) is 10.5 Å². The zero-order chi connectivity index (χ0) is 32.3. The summed E-state index contributed by atoms with van der Waals surface area (Å²) in [5.41, 5.74) is 0.418. The molecule has 0 heterocycles. The molecule has 4 nitrogen and oxygen atoms in total. The number of nitriles is 2. The van der Waals surface area contributed by atoms with Crippen LogP contribution >= 0.6 is 0 Å². The molecule has 7 aromatic rings. The number of benzene rings is 5. The van der Waals surface area contributed by atoms with E-state index in [0.717, 1.165) is 18.2 Å². The van der Waals surface area contributed by atoms with E-state index >= 15 is 0 Å². The fraction of sp³-hybridized carbons (Fsp3) is 0.0556. The van der Waals surface area contributed by atoms with Crippen molar-refractivity contribution in [1.82, 2.24) is 0 Å². The van der Waals surface area contributed by atoms with Crippen molar-refractivity contribution >= 4 is 43.1 Å². The second-order valence-corrected chi connectivity index (χ2v) is 10.8.